The Bertz CT molecular complexity index is 904. The molecule has 28 heavy (non-hydrogen) atoms. The van der Waals surface area contributed by atoms with E-state index >= 15 is 0 Å². The molecule has 1 N–H and O–H groups in total. The van der Waals surface area contributed by atoms with Crippen molar-refractivity contribution in [1.29, 1.82) is 0 Å². The third-order valence-electron chi connectivity index (χ3n) is 6.77. The molecule has 2 heterocycles. The molecule has 2 aliphatic heterocycles. The van der Waals surface area contributed by atoms with Gasteiger partial charge in [-0.2, -0.15) is 0 Å². The summed E-state index contributed by atoms with van der Waals surface area (Å²) in [5.41, 5.74) is 1.29. The van der Waals surface area contributed by atoms with Crippen LogP contribution in [0.5, 0.6) is 0 Å². The van der Waals surface area contributed by atoms with E-state index in [-0.39, 0.29) is 23.1 Å². The average molecular weight is 442 g/mol. The molecule has 2 atom stereocenters. The number of hydrogen-bond acceptors (Lipinski definition) is 3. The summed E-state index contributed by atoms with van der Waals surface area (Å²) in [6.07, 6.45) is 5.91. The van der Waals surface area contributed by atoms with Gasteiger partial charge < -0.3 is 31.3 Å². The molecule has 3 aliphatic rings. The Balaban J connectivity index is 0.00000192. The predicted octanol–water partition coefficient (Wildman–Crippen LogP) is -0.00410. The first-order valence-electron chi connectivity index (χ1n) is 9.57. The Labute approximate surface area is 175 Å². The van der Waals surface area contributed by atoms with E-state index in [0.717, 1.165) is 28.5 Å². The summed E-state index contributed by atoms with van der Waals surface area (Å²) in [7, 11) is 4.45. The van der Waals surface area contributed by atoms with Crippen molar-refractivity contribution < 1.29 is 36.1 Å². The summed E-state index contributed by atoms with van der Waals surface area (Å²) < 4.78 is 6.85. The highest BCUT2D eigenvalue weighted by atomic mass is 79.9. The molecule has 5 rings (SSSR count). The molecule has 146 valence electrons. The minimum atomic E-state index is -1.73. The van der Waals surface area contributed by atoms with Gasteiger partial charge in [0, 0.05) is 24.0 Å². The second kappa shape index (κ2) is 6.55. The van der Waals surface area contributed by atoms with Crippen molar-refractivity contribution >= 4 is 5.97 Å². The van der Waals surface area contributed by atoms with Gasteiger partial charge in [-0.05, 0) is 23.3 Å². The molecule has 0 radical (unpaired) electrons. The number of hydrogen-bond donors (Lipinski definition) is 1. The van der Waals surface area contributed by atoms with E-state index in [1.165, 1.54) is 0 Å². The molecule has 2 unspecified atom stereocenters. The van der Waals surface area contributed by atoms with Gasteiger partial charge in [-0.15, -0.1) is 0 Å². The zero-order valence-corrected chi connectivity index (χ0v) is 17.6. The lowest BCUT2D eigenvalue weighted by atomic mass is 9.91. The summed E-state index contributed by atoms with van der Waals surface area (Å²) >= 11 is 0. The van der Waals surface area contributed by atoms with Crippen molar-refractivity contribution in [2.45, 2.75) is 36.6 Å². The molecular weight excluding hydrogens is 418 g/mol. The first kappa shape index (κ1) is 19.4. The van der Waals surface area contributed by atoms with E-state index in [4.69, 9.17) is 4.74 Å². The summed E-state index contributed by atoms with van der Waals surface area (Å²) in [6.45, 7) is 0. The molecule has 1 aliphatic carbocycles. The largest absolute Gasteiger partial charge is 1.00 e. The molecule has 5 heteroatoms. The number of likely N-dealkylation sites (N-methyl/N-ethyl adjacent to an activating group) is 1. The first-order valence-corrected chi connectivity index (χ1v) is 9.57. The van der Waals surface area contributed by atoms with Crippen molar-refractivity contribution in [2.24, 2.45) is 0 Å². The topological polar surface area (TPSA) is 46.5 Å². The van der Waals surface area contributed by atoms with Crippen LogP contribution < -0.4 is 17.0 Å². The van der Waals surface area contributed by atoms with Crippen LogP contribution in [0.15, 0.2) is 60.7 Å². The van der Waals surface area contributed by atoms with Crippen LogP contribution in [0.3, 0.4) is 0 Å². The van der Waals surface area contributed by atoms with Crippen LogP contribution in [-0.4, -0.2) is 47.8 Å². The monoisotopic (exact) mass is 441 g/mol. The second-order valence-corrected chi connectivity index (χ2v) is 8.45. The van der Waals surface area contributed by atoms with E-state index in [0.29, 0.717) is 23.2 Å². The number of quaternary nitrogens is 1. The fourth-order valence-electron chi connectivity index (χ4n) is 5.05. The lowest BCUT2D eigenvalue weighted by molar-refractivity contribution is -0.926. The van der Waals surface area contributed by atoms with Crippen LogP contribution in [0, 0.1) is 0 Å². The van der Waals surface area contributed by atoms with Crippen molar-refractivity contribution in [3.8, 4) is 11.1 Å². The Morgan fingerprint density at radius 1 is 0.964 bits per heavy atom. The normalized spacial score (nSPS) is 27.5. The molecule has 0 amide bonds. The van der Waals surface area contributed by atoms with E-state index in [2.05, 4.69) is 26.2 Å². The Hall–Kier alpha value is -1.95. The summed E-state index contributed by atoms with van der Waals surface area (Å²) in [5, 5.41) is 11.6. The van der Waals surface area contributed by atoms with Gasteiger partial charge in [0.25, 0.3) is 0 Å². The van der Waals surface area contributed by atoms with Gasteiger partial charge in [-0.3, -0.25) is 0 Å². The number of carbonyl (C=O) groups excluding carboxylic acids is 1. The van der Waals surface area contributed by atoms with Gasteiger partial charge in [-0.1, -0.05) is 48.5 Å². The minimum absolute atomic E-state index is 0. The molecule has 0 saturated carbocycles. The molecule has 4 nitrogen and oxygen atoms in total. The van der Waals surface area contributed by atoms with Gasteiger partial charge in [0.05, 0.1) is 14.1 Å². The molecule has 2 bridgehead atoms. The highest BCUT2D eigenvalue weighted by molar-refractivity contribution is 5.96. The first-order chi connectivity index (χ1) is 12.9. The number of fused-ring (bicyclic) bond motifs is 5. The van der Waals surface area contributed by atoms with Crippen LogP contribution in [0.2, 0.25) is 0 Å². The standard InChI is InChI=1S/C23H24NO3.BrH/c1-24(2)15-11-12-16(24)14-17(13-15)27-22(25)23(26)20-9-5-3-7-18(20)19-8-4-6-10-21(19)23;/h3-12,15-17,26H,13-14H2,1-2H3;1H/q+1;/p-1. The SMILES string of the molecule is C[N+]1(C)C2C=CC1CC(OC(=O)C1(O)c3ccccc3-c3ccccc31)C2.[Br-]. The summed E-state index contributed by atoms with van der Waals surface area (Å²) in [6, 6.07) is 15.8. The smallest absolute Gasteiger partial charge is 0.348 e. The lowest BCUT2D eigenvalue weighted by Gasteiger charge is -2.44. The molecule has 0 spiro atoms. The van der Waals surface area contributed by atoms with Gasteiger partial charge in [0.1, 0.15) is 18.2 Å². The quantitative estimate of drug-likeness (QED) is 0.405. The number of aliphatic hydroxyl groups is 1. The number of nitrogens with zero attached hydrogens (tertiary/aromatic N) is 1. The number of piperidine rings is 1. The minimum Gasteiger partial charge on any atom is -1.00 e. The van der Waals surface area contributed by atoms with Crippen molar-refractivity contribution in [1.82, 2.24) is 0 Å². The zero-order chi connectivity index (χ0) is 18.8. The highest BCUT2D eigenvalue weighted by Gasteiger charge is 2.52. The molecule has 1 fully saturated rings. The summed E-state index contributed by atoms with van der Waals surface area (Å²) in [4.78, 5) is 13.3. The fourth-order valence-corrected chi connectivity index (χ4v) is 5.05. The van der Waals surface area contributed by atoms with Crippen LogP contribution in [-0.2, 0) is 15.1 Å². The van der Waals surface area contributed by atoms with Gasteiger partial charge in [0.2, 0.25) is 5.60 Å². The number of carbonyl (C=O) groups is 1. The fraction of sp³-hybridized carbons (Fsp3) is 0.348. The average Bonchev–Trinajstić information content (AvgIpc) is 2.96. The van der Waals surface area contributed by atoms with Crippen LogP contribution in [0.4, 0.5) is 0 Å². The Kier molecular flexibility index (Phi) is 4.53. The number of halogens is 1. The van der Waals surface area contributed by atoms with Gasteiger partial charge >= 0.3 is 5.97 Å². The van der Waals surface area contributed by atoms with Crippen molar-refractivity contribution in [3.63, 3.8) is 0 Å². The third-order valence-corrected chi connectivity index (χ3v) is 6.77. The maximum atomic E-state index is 13.3. The van der Waals surface area contributed by atoms with Crippen LogP contribution >= 0.6 is 0 Å². The number of benzene rings is 2. The number of ether oxygens (including phenoxy) is 1. The highest BCUT2D eigenvalue weighted by Crippen LogP contribution is 2.48. The van der Waals surface area contributed by atoms with E-state index in [1.54, 1.807) is 0 Å². The summed E-state index contributed by atoms with van der Waals surface area (Å²) in [5.74, 6) is -0.559. The molecule has 2 aromatic carbocycles. The number of rotatable bonds is 2. The number of esters is 1. The third kappa shape index (κ3) is 2.53. The van der Waals surface area contributed by atoms with E-state index in [1.807, 2.05) is 48.5 Å². The van der Waals surface area contributed by atoms with E-state index in [9.17, 15) is 9.90 Å². The molecule has 2 aromatic rings. The maximum Gasteiger partial charge on any atom is 0.348 e. The van der Waals surface area contributed by atoms with Crippen LogP contribution in [0.1, 0.15) is 24.0 Å². The van der Waals surface area contributed by atoms with Crippen molar-refractivity contribution in [3.05, 3.63) is 71.8 Å². The van der Waals surface area contributed by atoms with Crippen LogP contribution in [0.25, 0.3) is 11.1 Å². The zero-order valence-electron chi connectivity index (χ0n) is 16.0. The predicted molar refractivity (Wildman–Crippen MR) is 103 cm³/mol. The van der Waals surface area contributed by atoms with Crippen molar-refractivity contribution in [2.75, 3.05) is 14.1 Å². The van der Waals surface area contributed by atoms with E-state index < -0.39 is 11.6 Å². The lowest BCUT2D eigenvalue weighted by Crippen LogP contribution is -3.00. The molecular formula is C23H24BrNO3. The second-order valence-electron chi connectivity index (χ2n) is 8.45. The Morgan fingerprint density at radius 2 is 1.43 bits per heavy atom. The van der Waals surface area contributed by atoms with Gasteiger partial charge in [-0.25, -0.2) is 4.79 Å². The maximum absolute atomic E-state index is 13.3. The molecule has 1 saturated heterocycles. The van der Waals surface area contributed by atoms with Gasteiger partial charge in [0.15, 0.2) is 0 Å². The Morgan fingerprint density at radius 3 is 1.93 bits per heavy atom. The molecule has 0 aromatic heterocycles.